The summed E-state index contributed by atoms with van der Waals surface area (Å²) in [6.45, 7) is 2.75. The third kappa shape index (κ3) is 2.98. The number of nitrogens with zero attached hydrogens (tertiary/aromatic N) is 6. The molecule has 1 aliphatic heterocycles. The van der Waals surface area contributed by atoms with Crippen molar-refractivity contribution in [1.82, 2.24) is 29.7 Å². The van der Waals surface area contributed by atoms with Gasteiger partial charge in [0.25, 0.3) is 5.95 Å². The van der Waals surface area contributed by atoms with E-state index < -0.39 is 0 Å². The maximum absolute atomic E-state index is 4.40. The Bertz CT molecular complexity index is 552. The van der Waals surface area contributed by atoms with Gasteiger partial charge >= 0.3 is 0 Å². The summed E-state index contributed by atoms with van der Waals surface area (Å²) >= 11 is 1.94. The highest BCUT2D eigenvalue weighted by Gasteiger charge is 2.17. The van der Waals surface area contributed by atoms with Crippen LogP contribution in [-0.4, -0.2) is 53.8 Å². The molecule has 1 aliphatic rings. The molecule has 3 rings (SSSR count). The van der Waals surface area contributed by atoms with Crippen molar-refractivity contribution < 1.29 is 0 Å². The van der Waals surface area contributed by atoms with E-state index in [1.807, 2.05) is 18.7 Å². The van der Waals surface area contributed by atoms with Crippen molar-refractivity contribution in [2.45, 2.75) is 19.4 Å². The second-order valence-electron chi connectivity index (χ2n) is 4.36. The van der Waals surface area contributed by atoms with E-state index in [4.69, 9.17) is 0 Å². The first-order valence-corrected chi connectivity index (χ1v) is 7.70. The van der Waals surface area contributed by atoms with Crippen molar-refractivity contribution in [3.8, 4) is 5.95 Å². The van der Waals surface area contributed by atoms with Crippen LogP contribution in [0.25, 0.3) is 5.95 Å². The highest BCUT2D eigenvalue weighted by atomic mass is 32.2. The fourth-order valence-electron chi connectivity index (χ4n) is 1.91. The van der Waals surface area contributed by atoms with Crippen LogP contribution in [0.4, 0.5) is 11.9 Å². The molecule has 0 spiro atoms. The quantitative estimate of drug-likeness (QED) is 0.836. The lowest BCUT2D eigenvalue weighted by atomic mass is 10.3. The maximum Gasteiger partial charge on any atom is 0.258 e. The summed E-state index contributed by atoms with van der Waals surface area (Å²) in [6.07, 6.45) is 4.16. The maximum atomic E-state index is 4.40. The molecule has 8 nitrogen and oxygen atoms in total. The molecule has 2 aromatic rings. The van der Waals surface area contributed by atoms with Crippen LogP contribution in [-0.2, 0) is 0 Å². The van der Waals surface area contributed by atoms with E-state index in [2.05, 4.69) is 35.7 Å². The van der Waals surface area contributed by atoms with Crippen LogP contribution in [0.3, 0.4) is 0 Å². The number of rotatable bonds is 5. The molecule has 0 saturated carbocycles. The minimum atomic E-state index is 0.417. The van der Waals surface area contributed by atoms with E-state index >= 15 is 0 Å². The van der Waals surface area contributed by atoms with E-state index in [1.165, 1.54) is 16.8 Å². The standard InChI is InChI=1S/C11H16N8S/c1-2-13-9-16-10(15-8-3-4-20-5-8)18-11(17-9)19-7-12-6-14-19/h6-8H,2-5H2,1H3,(H2,13,15,16,17,18). The smallest absolute Gasteiger partial charge is 0.258 e. The zero-order valence-electron chi connectivity index (χ0n) is 11.2. The Morgan fingerprint density at radius 1 is 1.35 bits per heavy atom. The van der Waals surface area contributed by atoms with Crippen molar-refractivity contribution in [3.05, 3.63) is 12.7 Å². The molecule has 2 aromatic heterocycles. The SMILES string of the molecule is CCNc1nc(NC2CCSC2)nc(-n2cncn2)n1. The molecule has 106 valence electrons. The Morgan fingerprint density at radius 3 is 2.95 bits per heavy atom. The summed E-state index contributed by atoms with van der Waals surface area (Å²) in [5, 5.41) is 10.5. The predicted molar refractivity (Wildman–Crippen MR) is 78.3 cm³/mol. The second kappa shape index (κ2) is 6.04. The lowest BCUT2D eigenvalue weighted by molar-refractivity contribution is 0.767. The monoisotopic (exact) mass is 292 g/mol. The molecule has 1 fully saturated rings. The van der Waals surface area contributed by atoms with Crippen LogP contribution in [0.2, 0.25) is 0 Å². The van der Waals surface area contributed by atoms with Gasteiger partial charge in [-0.15, -0.1) is 0 Å². The number of hydrogen-bond acceptors (Lipinski definition) is 8. The Hall–Kier alpha value is -1.90. The van der Waals surface area contributed by atoms with E-state index in [0.717, 1.165) is 18.7 Å². The molecule has 3 heterocycles. The van der Waals surface area contributed by atoms with Gasteiger partial charge in [-0.3, -0.25) is 0 Å². The summed E-state index contributed by atoms with van der Waals surface area (Å²) < 4.78 is 1.52. The first-order valence-electron chi connectivity index (χ1n) is 6.54. The van der Waals surface area contributed by atoms with Gasteiger partial charge in [0.15, 0.2) is 0 Å². The molecule has 1 saturated heterocycles. The van der Waals surface area contributed by atoms with Crippen LogP contribution in [0, 0.1) is 0 Å². The van der Waals surface area contributed by atoms with Crippen molar-refractivity contribution >= 4 is 23.7 Å². The molecular weight excluding hydrogens is 276 g/mol. The van der Waals surface area contributed by atoms with Crippen LogP contribution in [0.1, 0.15) is 13.3 Å². The first kappa shape index (κ1) is 13.1. The van der Waals surface area contributed by atoms with E-state index in [-0.39, 0.29) is 0 Å². The number of hydrogen-bond donors (Lipinski definition) is 2. The normalized spacial score (nSPS) is 18.1. The van der Waals surface area contributed by atoms with Gasteiger partial charge in [0, 0.05) is 18.3 Å². The van der Waals surface area contributed by atoms with E-state index in [1.54, 1.807) is 6.33 Å². The van der Waals surface area contributed by atoms with Crippen molar-refractivity contribution in [2.75, 3.05) is 28.7 Å². The van der Waals surface area contributed by atoms with Gasteiger partial charge in [0.05, 0.1) is 0 Å². The first-order chi connectivity index (χ1) is 9.85. The summed E-state index contributed by atoms with van der Waals surface area (Å²) in [7, 11) is 0. The number of nitrogens with one attached hydrogen (secondary N) is 2. The van der Waals surface area contributed by atoms with Gasteiger partial charge < -0.3 is 10.6 Å². The lowest BCUT2D eigenvalue weighted by Crippen LogP contribution is -2.21. The molecule has 0 bridgehead atoms. The summed E-state index contributed by atoms with van der Waals surface area (Å²) in [4.78, 5) is 17.0. The molecule has 9 heteroatoms. The summed E-state index contributed by atoms with van der Waals surface area (Å²) in [6, 6.07) is 0.417. The molecule has 0 aliphatic carbocycles. The zero-order valence-corrected chi connectivity index (χ0v) is 12.0. The second-order valence-corrected chi connectivity index (χ2v) is 5.51. The molecular formula is C11H16N8S. The van der Waals surface area contributed by atoms with Gasteiger partial charge in [-0.25, -0.2) is 4.98 Å². The van der Waals surface area contributed by atoms with Gasteiger partial charge in [0.2, 0.25) is 11.9 Å². The third-order valence-corrected chi connectivity index (χ3v) is 4.01. The van der Waals surface area contributed by atoms with Crippen LogP contribution in [0.15, 0.2) is 12.7 Å². The Labute approximate surface area is 120 Å². The Morgan fingerprint density at radius 2 is 2.25 bits per heavy atom. The highest BCUT2D eigenvalue weighted by Crippen LogP contribution is 2.20. The van der Waals surface area contributed by atoms with E-state index in [9.17, 15) is 0 Å². The Balaban J connectivity index is 1.87. The van der Waals surface area contributed by atoms with Gasteiger partial charge in [0.1, 0.15) is 12.7 Å². The molecule has 2 N–H and O–H groups in total. The average Bonchev–Trinajstić information content (AvgIpc) is 3.11. The molecule has 0 aromatic carbocycles. The van der Waals surface area contributed by atoms with Crippen molar-refractivity contribution in [2.24, 2.45) is 0 Å². The third-order valence-electron chi connectivity index (χ3n) is 2.85. The minimum Gasteiger partial charge on any atom is -0.354 e. The fraction of sp³-hybridized carbons (Fsp3) is 0.545. The van der Waals surface area contributed by atoms with Crippen LogP contribution in [0.5, 0.6) is 0 Å². The number of aromatic nitrogens is 6. The van der Waals surface area contributed by atoms with Crippen LogP contribution >= 0.6 is 11.8 Å². The Kier molecular flexibility index (Phi) is 3.95. The van der Waals surface area contributed by atoms with E-state index in [0.29, 0.717) is 23.9 Å². The number of thioether (sulfide) groups is 1. The fourth-order valence-corrected chi connectivity index (χ4v) is 3.06. The predicted octanol–water partition coefficient (Wildman–Crippen LogP) is 0.801. The molecule has 1 atom stereocenters. The van der Waals surface area contributed by atoms with Gasteiger partial charge in [-0.05, 0) is 19.1 Å². The summed E-state index contributed by atoms with van der Waals surface area (Å²) in [5.41, 5.74) is 0. The molecule has 0 amide bonds. The van der Waals surface area contributed by atoms with Crippen molar-refractivity contribution in [1.29, 1.82) is 0 Å². The average molecular weight is 292 g/mol. The summed E-state index contributed by atoms with van der Waals surface area (Å²) in [5.74, 6) is 3.84. The topological polar surface area (TPSA) is 93.4 Å². The molecule has 20 heavy (non-hydrogen) atoms. The molecule has 0 radical (unpaired) electrons. The minimum absolute atomic E-state index is 0.417. The lowest BCUT2D eigenvalue weighted by Gasteiger charge is -2.13. The highest BCUT2D eigenvalue weighted by molar-refractivity contribution is 7.99. The van der Waals surface area contributed by atoms with Gasteiger partial charge in [-0.2, -0.15) is 36.5 Å². The number of anilines is 2. The van der Waals surface area contributed by atoms with Gasteiger partial charge in [-0.1, -0.05) is 0 Å². The van der Waals surface area contributed by atoms with Crippen molar-refractivity contribution in [3.63, 3.8) is 0 Å². The zero-order chi connectivity index (χ0) is 13.8. The molecule has 1 unspecified atom stereocenters. The largest absolute Gasteiger partial charge is 0.354 e. The van der Waals surface area contributed by atoms with Crippen LogP contribution < -0.4 is 10.6 Å².